The van der Waals surface area contributed by atoms with E-state index >= 15 is 0 Å². The number of anilines is 1. The second-order valence-electron chi connectivity index (χ2n) is 5.25. The number of hydrogen-bond donors (Lipinski definition) is 0. The largest absolute Gasteiger partial charge is 0.477 e. The molecule has 0 radical (unpaired) electrons. The van der Waals surface area contributed by atoms with Crippen LogP contribution in [0.1, 0.15) is 33.1 Å². The summed E-state index contributed by atoms with van der Waals surface area (Å²) in [6.45, 7) is 7.05. The maximum Gasteiger partial charge on any atom is 0.214 e. The summed E-state index contributed by atoms with van der Waals surface area (Å²) in [4.78, 5) is 12.5. The van der Waals surface area contributed by atoms with Gasteiger partial charge in [-0.05, 0) is 38.7 Å². The summed E-state index contributed by atoms with van der Waals surface area (Å²) < 4.78 is 5.79. The van der Waals surface area contributed by atoms with Crippen molar-refractivity contribution < 1.29 is 4.74 Å². The van der Waals surface area contributed by atoms with Crippen molar-refractivity contribution in [2.24, 2.45) is 5.92 Å². The molecule has 4 nitrogen and oxygen atoms in total. The lowest BCUT2D eigenvalue weighted by molar-refractivity contribution is 0.176. The Balaban J connectivity index is 1.75. The molecule has 1 saturated carbocycles. The van der Waals surface area contributed by atoms with Gasteiger partial charge in [0.2, 0.25) is 5.88 Å². The zero-order chi connectivity index (χ0) is 13.9. The van der Waals surface area contributed by atoms with E-state index in [-0.39, 0.29) is 0 Å². The SMILES string of the molecule is CCN(CC)c1nc2ccc(OCC3CCC3)nc2s1. The van der Waals surface area contributed by atoms with Gasteiger partial charge in [0.05, 0.1) is 6.61 Å². The van der Waals surface area contributed by atoms with Crippen LogP contribution in [0.2, 0.25) is 0 Å². The zero-order valence-corrected chi connectivity index (χ0v) is 12.9. The molecule has 0 saturated heterocycles. The molecule has 0 spiro atoms. The average molecular weight is 291 g/mol. The van der Waals surface area contributed by atoms with Crippen LogP contribution in [0.3, 0.4) is 0 Å². The number of aromatic nitrogens is 2. The van der Waals surface area contributed by atoms with Crippen LogP contribution in [-0.2, 0) is 0 Å². The first-order valence-corrected chi connectivity index (χ1v) is 8.27. The van der Waals surface area contributed by atoms with Crippen LogP contribution in [0.5, 0.6) is 5.88 Å². The highest BCUT2D eigenvalue weighted by Crippen LogP contribution is 2.30. The van der Waals surface area contributed by atoms with Gasteiger partial charge in [-0.3, -0.25) is 0 Å². The van der Waals surface area contributed by atoms with Crippen LogP contribution in [0.25, 0.3) is 10.3 Å². The molecule has 3 rings (SSSR count). The molecule has 1 fully saturated rings. The Labute approximate surface area is 123 Å². The Morgan fingerprint density at radius 1 is 1.25 bits per heavy atom. The van der Waals surface area contributed by atoms with Gasteiger partial charge in [-0.15, -0.1) is 0 Å². The molecule has 1 aliphatic rings. The lowest BCUT2D eigenvalue weighted by Crippen LogP contribution is -2.21. The number of ether oxygens (including phenoxy) is 1. The normalized spacial score (nSPS) is 15.3. The van der Waals surface area contributed by atoms with E-state index in [9.17, 15) is 0 Å². The molecular weight excluding hydrogens is 270 g/mol. The van der Waals surface area contributed by atoms with E-state index in [1.165, 1.54) is 19.3 Å². The molecule has 0 bridgehead atoms. The van der Waals surface area contributed by atoms with Gasteiger partial charge in [-0.2, -0.15) is 0 Å². The van der Waals surface area contributed by atoms with Gasteiger partial charge < -0.3 is 9.64 Å². The topological polar surface area (TPSA) is 38.2 Å². The number of thiazole rings is 1. The first kappa shape index (κ1) is 13.6. The van der Waals surface area contributed by atoms with E-state index in [0.29, 0.717) is 0 Å². The minimum absolute atomic E-state index is 0.735. The third-order valence-corrected chi connectivity index (χ3v) is 4.97. The van der Waals surface area contributed by atoms with E-state index in [1.54, 1.807) is 11.3 Å². The van der Waals surface area contributed by atoms with Gasteiger partial charge in [0.25, 0.3) is 0 Å². The van der Waals surface area contributed by atoms with Crippen molar-refractivity contribution in [3.63, 3.8) is 0 Å². The molecule has 0 aliphatic heterocycles. The smallest absolute Gasteiger partial charge is 0.214 e. The van der Waals surface area contributed by atoms with E-state index in [2.05, 4.69) is 28.7 Å². The van der Waals surface area contributed by atoms with E-state index in [0.717, 1.165) is 47.0 Å². The molecule has 5 heteroatoms. The molecule has 20 heavy (non-hydrogen) atoms. The van der Waals surface area contributed by atoms with Crippen LogP contribution in [0.15, 0.2) is 12.1 Å². The highest BCUT2D eigenvalue weighted by molar-refractivity contribution is 7.21. The fraction of sp³-hybridized carbons (Fsp3) is 0.600. The predicted molar refractivity (Wildman–Crippen MR) is 83.8 cm³/mol. The number of fused-ring (bicyclic) bond motifs is 1. The zero-order valence-electron chi connectivity index (χ0n) is 12.1. The minimum atomic E-state index is 0.735. The Morgan fingerprint density at radius 3 is 2.70 bits per heavy atom. The summed E-state index contributed by atoms with van der Waals surface area (Å²) in [5.74, 6) is 1.47. The molecule has 0 unspecified atom stereocenters. The van der Waals surface area contributed by atoms with Crippen molar-refractivity contribution >= 4 is 26.8 Å². The summed E-state index contributed by atoms with van der Waals surface area (Å²) in [6.07, 6.45) is 3.95. The summed E-state index contributed by atoms with van der Waals surface area (Å²) in [7, 11) is 0. The molecule has 0 aromatic carbocycles. The van der Waals surface area contributed by atoms with Crippen molar-refractivity contribution in [3.8, 4) is 5.88 Å². The number of pyridine rings is 1. The quantitative estimate of drug-likeness (QED) is 0.813. The Kier molecular flexibility index (Phi) is 4.05. The molecule has 0 N–H and O–H groups in total. The molecule has 108 valence electrons. The Bertz CT molecular complexity index is 576. The van der Waals surface area contributed by atoms with Gasteiger partial charge in [-0.25, -0.2) is 9.97 Å². The van der Waals surface area contributed by atoms with Crippen molar-refractivity contribution in [2.75, 3.05) is 24.6 Å². The predicted octanol–water partition coefficient (Wildman–Crippen LogP) is 3.72. The van der Waals surface area contributed by atoms with Crippen LogP contribution in [-0.4, -0.2) is 29.7 Å². The van der Waals surface area contributed by atoms with Gasteiger partial charge in [-0.1, -0.05) is 17.8 Å². The van der Waals surface area contributed by atoms with Crippen LogP contribution >= 0.6 is 11.3 Å². The van der Waals surface area contributed by atoms with Gasteiger partial charge in [0.1, 0.15) is 10.3 Å². The number of nitrogens with zero attached hydrogens (tertiary/aromatic N) is 3. The Morgan fingerprint density at radius 2 is 2.05 bits per heavy atom. The van der Waals surface area contributed by atoms with Crippen LogP contribution in [0.4, 0.5) is 5.13 Å². The third-order valence-electron chi connectivity index (χ3n) is 3.94. The summed E-state index contributed by atoms with van der Waals surface area (Å²) >= 11 is 1.65. The molecular formula is C15H21N3OS. The third kappa shape index (κ3) is 2.73. The van der Waals surface area contributed by atoms with E-state index < -0.39 is 0 Å². The first-order valence-electron chi connectivity index (χ1n) is 7.45. The standard InChI is InChI=1S/C15H21N3OS/c1-3-18(4-2)15-16-12-8-9-13(17-14(12)20-15)19-10-11-6-5-7-11/h8-9,11H,3-7,10H2,1-2H3. The fourth-order valence-corrected chi connectivity index (χ4v) is 3.42. The number of hydrogen-bond acceptors (Lipinski definition) is 5. The lowest BCUT2D eigenvalue weighted by Gasteiger charge is -2.24. The molecule has 0 amide bonds. The maximum absolute atomic E-state index is 5.79. The van der Waals surface area contributed by atoms with Crippen molar-refractivity contribution in [1.29, 1.82) is 0 Å². The van der Waals surface area contributed by atoms with E-state index in [4.69, 9.17) is 4.74 Å². The lowest BCUT2D eigenvalue weighted by atomic mass is 9.86. The Hall–Kier alpha value is -1.36. The molecule has 0 atom stereocenters. The molecule has 2 heterocycles. The molecule has 2 aromatic rings. The maximum atomic E-state index is 5.79. The highest BCUT2D eigenvalue weighted by atomic mass is 32.1. The molecule has 1 aliphatic carbocycles. The summed E-state index contributed by atoms with van der Waals surface area (Å²) in [6, 6.07) is 3.95. The average Bonchev–Trinajstić information content (AvgIpc) is 2.81. The van der Waals surface area contributed by atoms with E-state index in [1.807, 2.05) is 12.1 Å². The molecule has 2 aromatic heterocycles. The van der Waals surface area contributed by atoms with Crippen molar-refractivity contribution in [1.82, 2.24) is 9.97 Å². The summed E-state index contributed by atoms with van der Waals surface area (Å²) in [5.41, 5.74) is 0.966. The monoisotopic (exact) mass is 291 g/mol. The second kappa shape index (κ2) is 5.95. The van der Waals surface area contributed by atoms with Crippen molar-refractivity contribution in [3.05, 3.63) is 12.1 Å². The van der Waals surface area contributed by atoms with Gasteiger partial charge in [0.15, 0.2) is 5.13 Å². The van der Waals surface area contributed by atoms with Gasteiger partial charge in [0, 0.05) is 19.2 Å². The second-order valence-corrected chi connectivity index (χ2v) is 6.21. The van der Waals surface area contributed by atoms with Gasteiger partial charge >= 0.3 is 0 Å². The van der Waals surface area contributed by atoms with Crippen LogP contribution < -0.4 is 9.64 Å². The fourth-order valence-electron chi connectivity index (χ4n) is 2.36. The minimum Gasteiger partial charge on any atom is -0.477 e. The first-order chi connectivity index (χ1) is 9.80. The van der Waals surface area contributed by atoms with Crippen LogP contribution in [0, 0.1) is 5.92 Å². The summed E-state index contributed by atoms with van der Waals surface area (Å²) in [5, 5.41) is 1.05. The van der Waals surface area contributed by atoms with Crippen molar-refractivity contribution in [2.45, 2.75) is 33.1 Å². The highest BCUT2D eigenvalue weighted by Gasteiger charge is 2.18. The number of rotatable bonds is 6.